The molecule has 1 fully saturated rings. The fraction of sp³-hybridized carbons (Fsp3) is 0.500. The van der Waals surface area contributed by atoms with E-state index < -0.39 is 29.0 Å². The Hall–Kier alpha value is -2.65. The van der Waals surface area contributed by atoms with Gasteiger partial charge in [-0.1, -0.05) is 24.6 Å². The van der Waals surface area contributed by atoms with Crippen molar-refractivity contribution in [1.82, 2.24) is 25.4 Å². The monoisotopic (exact) mass is 521 g/mol. The van der Waals surface area contributed by atoms with E-state index >= 15 is 0 Å². The molecule has 3 aromatic rings. The van der Waals surface area contributed by atoms with Crippen LogP contribution in [0.2, 0.25) is 5.02 Å². The highest BCUT2D eigenvalue weighted by Gasteiger charge is 2.67. The second-order valence-electron chi connectivity index (χ2n) is 10.1. The predicted octanol–water partition coefficient (Wildman–Crippen LogP) is 5.50. The van der Waals surface area contributed by atoms with Crippen LogP contribution in [0, 0.1) is 5.41 Å². The van der Waals surface area contributed by atoms with E-state index in [0.29, 0.717) is 18.5 Å². The number of rotatable bonds is 10. The maximum absolute atomic E-state index is 14.0. The number of nitrogens with zero attached hydrogens (tertiary/aromatic N) is 3. The number of amides is 1. The van der Waals surface area contributed by atoms with Crippen molar-refractivity contribution < 1.29 is 18.0 Å². The minimum absolute atomic E-state index is 0.00591. The van der Waals surface area contributed by atoms with Crippen molar-refractivity contribution in [2.75, 3.05) is 20.6 Å². The van der Waals surface area contributed by atoms with E-state index in [1.165, 1.54) is 18.5 Å². The van der Waals surface area contributed by atoms with Crippen molar-refractivity contribution in [3.63, 3.8) is 0 Å². The zero-order valence-electron chi connectivity index (χ0n) is 20.6. The molecule has 1 aliphatic rings. The number of aromatic amines is 1. The molecule has 2 aromatic heterocycles. The van der Waals surface area contributed by atoms with Crippen molar-refractivity contribution in [2.45, 2.75) is 56.7 Å². The quantitative estimate of drug-likeness (QED) is 0.369. The van der Waals surface area contributed by atoms with Crippen molar-refractivity contribution in [1.29, 1.82) is 0 Å². The first-order chi connectivity index (χ1) is 17.0. The number of aromatic nitrogens is 3. The van der Waals surface area contributed by atoms with Crippen LogP contribution in [0.1, 0.15) is 49.7 Å². The van der Waals surface area contributed by atoms with E-state index in [2.05, 4.69) is 31.5 Å². The summed E-state index contributed by atoms with van der Waals surface area (Å²) in [6.45, 7) is 2.35. The molecule has 1 aliphatic carbocycles. The van der Waals surface area contributed by atoms with Crippen LogP contribution in [0.3, 0.4) is 0 Å². The summed E-state index contributed by atoms with van der Waals surface area (Å²) in [5.41, 5.74) is 0.0433. The summed E-state index contributed by atoms with van der Waals surface area (Å²) < 4.78 is 42.1. The molecule has 194 valence electrons. The molecule has 2 heterocycles. The van der Waals surface area contributed by atoms with Gasteiger partial charge in [0.15, 0.2) is 0 Å². The van der Waals surface area contributed by atoms with Gasteiger partial charge in [0, 0.05) is 42.2 Å². The Labute approximate surface area is 213 Å². The number of fused-ring (bicyclic) bond motifs is 1. The van der Waals surface area contributed by atoms with E-state index in [1.54, 1.807) is 6.20 Å². The van der Waals surface area contributed by atoms with Gasteiger partial charge in [0.2, 0.25) is 5.91 Å². The van der Waals surface area contributed by atoms with Crippen LogP contribution in [0.25, 0.3) is 10.9 Å². The Morgan fingerprint density at radius 3 is 2.58 bits per heavy atom. The Bertz CT molecular complexity index is 1220. The molecule has 0 unspecified atom stereocenters. The standard InChI is InChI=1S/C26H31ClF3N5O/c1-4-24(35(2)3,12-17-5-6-22-19(9-17)14-33-34-22)16-32-23(36)11-21(18-10-20(27)15-31-13-18)25(7-8-25)26(28,29)30/h5-6,9-10,13-15,21H,4,7-8,11-12,16H2,1-3H3,(H,32,36)(H,33,34)/t21-,24-/m1/s1. The van der Waals surface area contributed by atoms with Gasteiger partial charge in [-0.25, -0.2) is 0 Å². The summed E-state index contributed by atoms with van der Waals surface area (Å²) in [5, 5.41) is 11.2. The number of H-pyrrole nitrogens is 1. The number of carbonyl (C=O) groups is 1. The van der Waals surface area contributed by atoms with Gasteiger partial charge in [-0.3, -0.25) is 14.9 Å². The van der Waals surface area contributed by atoms with Gasteiger partial charge in [-0.05, 0) is 69.1 Å². The molecule has 0 spiro atoms. The molecule has 36 heavy (non-hydrogen) atoms. The molecule has 0 radical (unpaired) electrons. The SMILES string of the molecule is CC[C@](CNC(=O)C[C@H](c1cncc(Cl)c1)C1(C(F)(F)F)CC1)(Cc1ccc2[nH]ncc2c1)N(C)C. The molecular weight excluding hydrogens is 491 g/mol. The summed E-state index contributed by atoms with van der Waals surface area (Å²) in [7, 11) is 3.91. The van der Waals surface area contributed by atoms with Gasteiger partial charge in [0.1, 0.15) is 0 Å². The van der Waals surface area contributed by atoms with Gasteiger partial charge < -0.3 is 10.2 Å². The zero-order chi connectivity index (χ0) is 26.1. The van der Waals surface area contributed by atoms with Crippen molar-refractivity contribution in [2.24, 2.45) is 5.41 Å². The third-order valence-electron chi connectivity index (χ3n) is 7.80. The van der Waals surface area contributed by atoms with E-state index in [1.807, 2.05) is 33.2 Å². The van der Waals surface area contributed by atoms with E-state index in [4.69, 9.17) is 11.6 Å². The number of carbonyl (C=O) groups excluding carboxylic acids is 1. The average Bonchev–Trinajstić information content (AvgIpc) is 3.51. The maximum atomic E-state index is 14.0. The number of hydrogen-bond donors (Lipinski definition) is 2. The van der Waals surface area contributed by atoms with Gasteiger partial charge in [-0.15, -0.1) is 0 Å². The van der Waals surface area contributed by atoms with Crippen LogP contribution in [-0.4, -0.2) is 58.3 Å². The maximum Gasteiger partial charge on any atom is 0.395 e. The molecular formula is C26H31ClF3N5O. The van der Waals surface area contributed by atoms with Gasteiger partial charge in [0.05, 0.1) is 22.2 Å². The van der Waals surface area contributed by atoms with Crippen LogP contribution in [0.15, 0.2) is 42.9 Å². The third kappa shape index (κ3) is 5.22. The first-order valence-corrected chi connectivity index (χ1v) is 12.4. The highest BCUT2D eigenvalue weighted by molar-refractivity contribution is 6.30. The molecule has 2 atom stereocenters. The van der Waals surface area contributed by atoms with E-state index in [0.717, 1.165) is 22.9 Å². The predicted molar refractivity (Wildman–Crippen MR) is 134 cm³/mol. The second kappa shape index (κ2) is 10.0. The Kier molecular flexibility index (Phi) is 7.35. The topological polar surface area (TPSA) is 73.9 Å². The van der Waals surface area contributed by atoms with Crippen LogP contribution >= 0.6 is 11.6 Å². The minimum Gasteiger partial charge on any atom is -0.354 e. The van der Waals surface area contributed by atoms with E-state index in [9.17, 15) is 18.0 Å². The Morgan fingerprint density at radius 1 is 1.22 bits per heavy atom. The Morgan fingerprint density at radius 2 is 1.97 bits per heavy atom. The summed E-state index contributed by atoms with van der Waals surface area (Å²) in [6, 6.07) is 7.55. The number of pyridine rings is 1. The van der Waals surface area contributed by atoms with Crippen molar-refractivity contribution in [3.8, 4) is 0 Å². The molecule has 0 bridgehead atoms. The smallest absolute Gasteiger partial charge is 0.354 e. The summed E-state index contributed by atoms with van der Waals surface area (Å²) in [6.07, 6.45) is 1.22. The Balaban J connectivity index is 1.52. The minimum atomic E-state index is -4.41. The fourth-order valence-corrected chi connectivity index (χ4v) is 5.35. The van der Waals surface area contributed by atoms with Crippen molar-refractivity contribution in [3.05, 3.63) is 59.0 Å². The molecule has 0 aliphatic heterocycles. The number of likely N-dealkylation sites (N-methyl/N-ethyl adjacent to an activating group) is 1. The lowest BCUT2D eigenvalue weighted by molar-refractivity contribution is -0.194. The highest BCUT2D eigenvalue weighted by Crippen LogP contribution is 2.66. The van der Waals surface area contributed by atoms with Crippen LogP contribution in [-0.2, 0) is 11.2 Å². The third-order valence-corrected chi connectivity index (χ3v) is 8.00. The first-order valence-electron chi connectivity index (χ1n) is 12.0. The lowest BCUT2D eigenvalue weighted by Gasteiger charge is -2.40. The number of alkyl halides is 3. The summed E-state index contributed by atoms with van der Waals surface area (Å²) in [5.74, 6) is -1.46. The van der Waals surface area contributed by atoms with Crippen LogP contribution in [0.4, 0.5) is 13.2 Å². The van der Waals surface area contributed by atoms with Gasteiger partial charge in [0.25, 0.3) is 0 Å². The van der Waals surface area contributed by atoms with E-state index in [-0.39, 0.29) is 24.3 Å². The van der Waals surface area contributed by atoms with Gasteiger partial charge in [-0.2, -0.15) is 18.3 Å². The van der Waals surface area contributed by atoms with Crippen molar-refractivity contribution >= 4 is 28.4 Å². The summed E-state index contributed by atoms with van der Waals surface area (Å²) in [4.78, 5) is 19.2. The van der Waals surface area contributed by atoms with Crippen LogP contribution in [0.5, 0.6) is 0 Å². The number of nitrogens with one attached hydrogen (secondary N) is 2. The number of hydrogen-bond acceptors (Lipinski definition) is 4. The number of benzene rings is 1. The average molecular weight is 522 g/mol. The molecule has 1 saturated carbocycles. The highest BCUT2D eigenvalue weighted by atomic mass is 35.5. The first kappa shape index (κ1) is 26.4. The molecule has 0 saturated heterocycles. The fourth-order valence-electron chi connectivity index (χ4n) is 5.16. The summed E-state index contributed by atoms with van der Waals surface area (Å²) >= 11 is 6.04. The molecule has 4 rings (SSSR count). The lowest BCUT2D eigenvalue weighted by Crippen LogP contribution is -2.54. The van der Waals surface area contributed by atoms with Gasteiger partial charge >= 0.3 is 6.18 Å². The molecule has 2 N–H and O–H groups in total. The van der Waals surface area contributed by atoms with Crippen LogP contribution < -0.4 is 5.32 Å². The zero-order valence-corrected chi connectivity index (χ0v) is 21.4. The number of halogens is 4. The molecule has 10 heteroatoms. The normalized spacial score (nSPS) is 17.7. The largest absolute Gasteiger partial charge is 0.395 e. The second-order valence-corrected chi connectivity index (χ2v) is 10.5. The lowest BCUT2D eigenvalue weighted by atomic mass is 9.80. The molecule has 1 amide bonds. The molecule has 6 nitrogen and oxygen atoms in total. The molecule has 1 aromatic carbocycles.